The third-order valence-electron chi connectivity index (χ3n) is 0.545. The molecule has 0 aromatic rings. The van der Waals surface area contributed by atoms with Gasteiger partial charge in [0.25, 0.3) is 0 Å². The van der Waals surface area contributed by atoms with E-state index in [0.29, 0.717) is 13.2 Å². The molecule has 0 bridgehead atoms. The van der Waals surface area contributed by atoms with Crippen LogP contribution in [0, 0.1) is 6.61 Å². The molecule has 1 heterocycles. The lowest BCUT2D eigenvalue weighted by Gasteiger charge is -1.98. The summed E-state index contributed by atoms with van der Waals surface area (Å²) in [7, 11) is 0. The van der Waals surface area contributed by atoms with E-state index in [1.807, 2.05) is 0 Å². The van der Waals surface area contributed by atoms with E-state index in [1.54, 1.807) is 6.21 Å². The molecule has 6 heavy (non-hydrogen) atoms. The van der Waals surface area contributed by atoms with Crippen LogP contribution in [-0.4, -0.2) is 19.4 Å². The highest BCUT2D eigenvalue weighted by Crippen LogP contribution is 1.85. The number of hydrogen-bond donors (Lipinski definition) is 0. The van der Waals surface area contributed by atoms with Crippen molar-refractivity contribution in [3.8, 4) is 0 Å². The summed E-state index contributed by atoms with van der Waals surface area (Å²) in [5, 5.41) is 0. The Kier molecular flexibility index (Phi) is 1.22. The van der Waals surface area contributed by atoms with Crippen molar-refractivity contribution in [3.05, 3.63) is 6.61 Å². The second-order valence-electron chi connectivity index (χ2n) is 0.979. The SMILES string of the molecule is [C]1CN=CCO1. The van der Waals surface area contributed by atoms with Gasteiger partial charge in [0.2, 0.25) is 0 Å². The molecule has 0 fully saturated rings. The molecule has 2 nitrogen and oxygen atoms in total. The predicted octanol–water partition coefficient (Wildman–Crippen LogP) is 0.126. The zero-order valence-electron chi connectivity index (χ0n) is 3.35. The van der Waals surface area contributed by atoms with E-state index < -0.39 is 0 Å². The Bertz CT molecular complexity index is 52.6. The van der Waals surface area contributed by atoms with Crippen LogP contribution in [0.25, 0.3) is 0 Å². The maximum atomic E-state index is 4.67. The van der Waals surface area contributed by atoms with Gasteiger partial charge >= 0.3 is 0 Å². The van der Waals surface area contributed by atoms with Crippen LogP contribution in [0.5, 0.6) is 0 Å². The van der Waals surface area contributed by atoms with E-state index in [1.165, 1.54) is 0 Å². The van der Waals surface area contributed by atoms with Crippen LogP contribution in [0.3, 0.4) is 0 Å². The van der Waals surface area contributed by atoms with Crippen molar-refractivity contribution < 1.29 is 4.74 Å². The lowest BCUT2D eigenvalue weighted by atomic mass is 10.6. The number of aliphatic imine (C=N–C) groups is 1. The highest BCUT2D eigenvalue weighted by Gasteiger charge is 1.89. The first-order chi connectivity index (χ1) is 3.00. The second-order valence-corrected chi connectivity index (χ2v) is 0.979. The van der Waals surface area contributed by atoms with E-state index in [0.717, 1.165) is 0 Å². The van der Waals surface area contributed by atoms with Gasteiger partial charge in [0, 0.05) is 6.21 Å². The van der Waals surface area contributed by atoms with Crippen molar-refractivity contribution >= 4 is 6.21 Å². The number of rotatable bonds is 0. The molecule has 0 amide bonds. The molecular formula is C4H5NO. The molecule has 2 heteroatoms. The summed E-state index contributed by atoms with van der Waals surface area (Å²) in [4.78, 5) is 3.82. The van der Waals surface area contributed by atoms with Crippen molar-refractivity contribution in [1.82, 2.24) is 0 Å². The van der Waals surface area contributed by atoms with Gasteiger partial charge in [-0.25, -0.2) is 0 Å². The Morgan fingerprint density at radius 3 is 3.00 bits per heavy atom. The molecule has 1 aliphatic rings. The quantitative estimate of drug-likeness (QED) is 0.408. The molecule has 32 valence electrons. The van der Waals surface area contributed by atoms with E-state index in [4.69, 9.17) is 0 Å². The maximum Gasteiger partial charge on any atom is 0.155 e. The fraction of sp³-hybridized carbons (Fsp3) is 0.500. The van der Waals surface area contributed by atoms with Gasteiger partial charge in [0.05, 0.1) is 13.2 Å². The van der Waals surface area contributed by atoms with E-state index in [-0.39, 0.29) is 0 Å². The third-order valence-corrected chi connectivity index (χ3v) is 0.545. The Labute approximate surface area is 36.8 Å². The summed E-state index contributed by atoms with van der Waals surface area (Å²) in [5.41, 5.74) is 0. The van der Waals surface area contributed by atoms with Gasteiger partial charge in [-0.05, 0) is 0 Å². The van der Waals surface area contributed by atoms with Crippen molar-refractivity contribution in [2.24, 2.45) is 4.99 Å². The Morgan fingerprint density at radius 2 is 2.83 bits per heavy atom. The van der Waals surface area contributed by atoms with Crippen LogP contribution in [0.2, 0.25) is 0 Å². The normalized spacial score (nSPS) is 21.3. The van der Waals surface area contributed by atoms with Gasteiger partial charge in [-0.2, -0.15) is 0 Å². The number of ether oxygens (including phenoxy) is 1. The first-order valence-electron chi connectivity index (χ1n) is 1.83. The molecule has 0 N–H and O–H groups in total. The predicted molar refractivity (Wildman–Crippen MR) is 22.6 cm³/mol. The molecule has 0 aliphatic carbocycles. The zero-order chi connectivity index (χ0) is 4.24. The van der Waals surface area contributed by atoms with E-state index in [2.05, 4.69) is 16.3 Å². The van der Waals surface area contributed by atoms with Crippen molar-refractivity contribution in [2.45, 2.75) is 0 Å². The Hall–Kier alpha value is -0.370. The molecule has 0 spiro atoms. The Balaban J connectivity index is 2.26. The van der Waals surface area contributed by atoms with Crippen LogP contribution in [0.4, 0.5) is 0 Å². The monoisotopic (exact) mass is 83.0 g/mol. The van der Waals surface area contributed by atoms with Crippen molar-refractivity contribution in [3.63, 3.8) is 0 Å². The smallest absolute Gasteiger partial charge is 0.155 e. The molecule has 0 aromatic carbocycles. The lowest BCUT2D eigenvalue weighted by Crippen LogP contribution is -2.01. The molecule has 0 aromatic heterocycles. The summed E-state index contributed by atoms with van der Waals surface area (Å²) in [6.45, 7) is 3.78. The molecule has 1 aliphatic heterocycles. The Morgan fingerprint density at radius 1 is 1.83 bits per heavy atom. The number of nitrogens with zero attached hydrogens (tertiary/aromatic N) is 1. The summed E-state index contributed by atoms with van der Waals surface area (Å²) >= 11 is 0. The van der Waals surface area contributed by atoms with Gasteiger partial charge in [-0.15, -0.1) is 0 Å². The van der Waals surface area contributed by atoms with Gasteiger partial charge < -0.3 is 4.74 Å². The number of hydrogen-bond acceptors (Lipinski definition) is 2. The fourth-order valence-electron chi connectivity index (χ4n) is 0.296. The zero-order valence-corrected chi connectivity index (χ0v) is 3.35. The minimum absolute atomic E-state index is 0.597. The van der Waals surface area contributed by atoms with Crippen molar-refractivity contribution in [2.75, 3.05) is 13.2 Å². The first-order valence-corrected chi connectivity index (χ1v) is 1.83. The van der Waals surface area contributed by atoms with Gasteiger partial charge in [0.15, 0.2) is 6.61 Å². The van der Waals surface area contributed by atoms with Gasteiger partial charge in [-0.1, -0.05) is 0 Å². The minimum atomic E-state index is 0.597. The minimum Gasteiger partial charge on any atom is -0.361 e. The van der Waals surface area contributed by atoms with Crippen LogP contribution < -0.4 is 0 Å². The molecule has 1 rings (SSSR count). The average molecular weight is 83.1 g/mol. The largest absolute Gasteiger partial charge is 0.361 e. The molecule has 2 radical (unpaired) electrons. The molecule has 0 atom stereocenters. The molecular weight excluding hydrogens is 78.0 g/mol. The third kappa shape index (κ3) is 0.792. The van der Waals surface area contributed by atoms with Crippen LogP contribution in [0.15, 0.2) is 4.99 Å². The van der Waals surface area contributed by atoms with Crippen LogP contribution in [0.1, 0.15) is 0 Å². The van der Waals surface area contributed by atoms with Gasteiger partial charge in [0.1, 0.15) is 0 Å². The summed E-state index contributed by atoms with van der Waals surface area (Å²) in [5.74, 6) is 0. The summed E-state index contributed by atoms with van der Waals surface area (Å²) in [6, 6.07) is 0. The first kappa shape index (κ1) is 3.81. The van der Waals surface area contributed by atoms with Gasteiger partial charge in [-0.3, -0.25) is 4.99 Å². The second kappa shape index (κ2) is 1.92. The molecule has 0 unspecified atom stereocenters. The highest BCUT2D eigenvalue weighted by atomic mass is 16.5. The molecule has 0 saturated carbocycles. The van der Waals surface area contributed by atoms with Crippen molar-refractivity contribution in [1.29, 1.82) is 0 Å². The van der Waals surface area contributed by atoms with Crippen LogP contribution >= 0.6 is 0 Å². The lowest BCUT2D eigenvalue weighted by molar-refractivity contribution is 0.239. The maximum absolute atomic E-state index is 4.67. The van der Waals surface area contributed by atoms with Crippen LogP contribution in [-0.2, 0) is 4.74 Å². The average Bonchev–Trinajstić information content (AvgIpc) is 1.72. The highest BCUT2D eigenvalue weighted by molar-refractivity contribution is 5.59. The summed E-state index contributed by atoms with van der Waals surface area (Å²) < 4.78 is 4.67. The summed E-state index contributed by atoms with van der Waals surface area (Å²) in [6.07, 6.45) is 1.73. The standard InChI is InChI=1S/C4H5NO/c1-3-6-4-2-5-1/h1H,2-3H2. The fourth-order valence-corrected chi connectivity index (χ4v) is 0.296. The van der Waals surface area contributed by atoms with E-state index >= 15 is 0 Å². The molecule has 0 saturated heterocycles. The topological polar surface area (TPSA) is 21.6 Å². The van der Waals surface area contributed by atoms with E-state index in [9.17, 15) is 0 Å².